The molecule has 0 bridgehead atoms. The molecule has 1 nitrogen and oxygen atoms in total. The van der Waals surface area contributed by atoms with Gasteiger partial charge in [0.1, 0.15) is 6.29 Å². The van der Waals surface area contributed by atoms with Crippen molar-refractivity contribution in [1.82, 2.24) is 0 Å². The molecule has 0 unspecified atom stereocenters. The van der Waals surface area contributed by atoms with E-state index >= 15 is 0 Å². The van der Waals surface area contributed by atoms with Crippen LogP contribution in [-0.4, -0.2) is 6.29 Å². The van der Waals surface area contributed by atoms with Gasteiger partial charge >= 0.3 is 0 Å². The Hall–Kier alpha value is -0.850. The molecule has 134 valence electrons. The molecule has 0 aliphatic rings. The van der Waals surface area contributed by atoms with Gasteiger partial charge in [-0.2, -0.15) is 0 Å². The van der Waals surface area contributed by atoms with E-state index in [1.165, 1.54) is 83.5 Å². The fourth-order valence-electron chi connectivity index (χ4n) is 2.75. The summed E-state index contributed by atoms with van der Waals surface area (Å²) in [6.45, 7) is 2.25. The first-order chi connectivity index (χ1) is 11.4. The second kappa shape index (κ2) is 21.1. The van der Waals surface area contributed by atoms with Crippen molar-refractivity contribution in [2.24, 2.45) is 0 Å². The van der Waals surface area contributed by atoms with Gasteiger partial charge in [0.15, 0.2) is 0 Å². The molecular formula is C22H40O. The molecule has 0 aliphatic heterocycles. The zero-order valence-corrected chi connectivity index (χ0v) is 15.6. The lowest BCUT2D eigenvalue weighted by molar-refractivity contribution is -0.107. The van der Waals surface area contributed by atoms with Crippen LogP contribution < -0.4 is 0 Å². The third-order valence-corrected chi connectivity index (χ3v) is 4.27. The number of aldehydes is 1. The molecule has 0 aromatic carbocycles. The van der Waals surface area contributed by atoms with Gasteiger partial charge in [0.25, 0.3) is 0 Å². The molecule has 0 aromatic heterocycles. The van der Waals surface area contributed by atoms with E-state index in [0.29, 0.717) is 0 Å². The Balaban J connectivity index is 3.12. The van der Waals surface area contributed by atoms with Crippen molar-refractivity contribution in [1.29, 1.82) is 0 Å². The third kappa shape index (κ3) is 21.1. The fraction of sp³-hybridized carbons (Fsp3) is 0.773. The Kier molecular flexibility index (Phi) is 20.4. The summed E-state index contributed by atoms with van der Waals surface area (Å²) in [5, 5.41) is 0. The molecule has 0 radical (unpaired) electrons. The van der Waals surface area contributed by atoms with Crippen molar-refractivity contribution < 1.29 is 4.79 Å². The average molecular weight is 321 g/mol. The van der Waals surface area contributed by atoms with Crippen molar-refractivity contribution in [3.8, 4) is 0 Å². The lowest BCUT2D eigenvalue weighted by atomic mass is 10.1. The second-order valence-corrected chi connectivity index (χ2v) is 6.60. The van der Waals surface area contributed by atoms with Crippen LogP contribution in [0.5, 0.6) is 0 Å². The van der Waals surface area contributed by atoms with Crippen LogP contribution in [0.15, 0.2) is 24.3 Å². The Morgan fingerprint density at radius 3 is 1.43 bits per heavy atom. The largest absolute Gasteiger partial charge is 0.303 e. The topological polar surface area (TPSA) is 17.1 Å². The maximum atomic E-state index is 10.2. The normalized spacial score (nSPS) is 11.7. The zero-order valence-electron chi connectivity index (χ0n) is 15.6. The van der Waals surface area contributed by atoms with Crippen molar-refractivity contribution in [3.05, 3.63) is 24.3 Å². The number of carbonyl (C=O) groups is 1. The van der Waals surface area contributed by atoms with Crippen LogP contribution in [0.1, 0.15) is 110 Å². The molecule has 1 heteroatoms. The highest BCUT2D eigenvalue weighted by molar-refractivity contribution is 5.48. The first kappa shape index (κ1) is 22.1. The molecule has 0 spiro atoms. The Bertz CT molecular complexity index is 278. The van der Waals surface area contributed by atoms with Crippen LogP contribution in [0.2, 0.25) is 0 Å². The maximum absolute atomic E-state index is 10.2. The minimum absolute atomic E-state index is 0.752. The number of allylic oxidation sites excluding steroid dienone is 4. The Labute approximate surface area is 145 Å². The minimum Gasteiger partial charge on any atom is -0.303 e. The second-order valence-electron chi connectivity index (χ2n) is 6.60. The molecule has 0 amide bonds. The highest BCUT2D eigenvalue weighted by Crippen LogP contribution is 2.11. The van der Waals surface area contributed by atoms with Gasteiger partial charge < -0.3 is 4.79 Å². The summed E-state index contributed by atoms with van der Waals surface area (Å²) in [5.41, 5.74) is 0. The van der Waals surface area contributed by atoms with Crippen molar-refractivity contribution >= 4 is 6.29 Å². The molecule has 0 aliphatic carbocycles. The average Bonchev–Trinajstić information content (AvgIpc) is 2.57. The lowest BCUT2D eigenvalue weighted by Crippen LogP contribution is -1.82. The van der Waals surface area contributed by atoms with Gasteiger partial charge in [0.2, 0.25) is 0 Å². The molecule has 23 heavy (non-hydrogen) atoms. The van der Waals surface area contributed by atoms with Crippen molar-refractivity contribution in [2.45, 2.75) is 110 Å². The van der Waals surface area contributed by atoms with E-state index in [-0.39, 0.29) is 0 Å². The first-order valence-electron chi connectivity index (χ1n) is 10.2. The molecule has 0 fully saturated rings. The van der Waals surface area contributed by atoms with E-state index in [2.05, 4.69) is 31.2 Å². The number of hydrogen-bond acceptors (Lipinski definition) is 1. The molecule has 0 saturated carbocycles. The summed E-state index contributed by atoms with van der Waals surface area (Å²) in [7, 11) is 0. The monoisotopic (exact) mass is 320 g/mol. The highest BCUT2D eigenvalue weighted by Gasteiger charge is 1.92. The fourth-order valence-corrected chi connectivity index (χ4v) is 2.75. The van der Waals surface area contributed by atoms with Crippen LogP contribution in [0, 0.1) is 0 Å². The van der Waals surface area contributed by atoms with Gasteiger partial charge in [-0.15, -0.1) is 0 Å². The number of hydrogen-bond donors (Lipinski definition) is 0. The van der Waals surface area contributed by atoms with E-state index in [0.717, 1.165) is 25.5 Å². The van der Waals surface area contributed by atoms with Crippen LogP contribution in [0.3, 0.4) is 0 Å². The highest BCUT2D eigenvalue weighted by atomic mass is 16.1. The molecule has 0 rings (SSSR count). The van der Waals surface area contributed by atoms with Crippen LogP contribution in [0.4, 0.5) is 0 Å². The van der Waals surface area contributed by atoms with E-state index in [9.17, 15) is 4.79 Å². The van der Waals surface area contributed by atoms with Crippen LogP contribution in [0.25, 0.3) is 0 Å². The van der Waals surface area contributed by atoms with Gasteiger partial charge in [-0.3, -0.25) is 0 Å². The molecule has 0 atom stereocenters. The summed E-state index contributed by atoms with van der Waals surface area (Å²) >= 11 is 0. The van der Waals surface area contributed by atoms with Gasteiger partial charge in [-0.25, -0.2) is 0 Å². The van der Waals surface area contributed by atoms with Gasteiger partial charge in [-0.05, 0) is 38.5 Å². The van der Waals surface area contributed by atoms with Crippen molar-refractivity contribution in [3.63, 3.8) is 0 Å². The van der Waals surface area contributed by atoms with E-state index in [1.54, 1.807) is 0 Å². The number of rotatable bonds is 18. The van der Waals surface area contributed by atoms with Crippen LogP contribution >= 0.6 is 0 Å². The van der Waals surface area contributed by atoms with Crippen molar-refractivity contribution in [2.75, 3.05) is 0 Å². The molecule has 0 saturated heterocycles. The standard InChI is InChI=1S/C22H40O/c1-2-3-4-5-6-7-8-9-10-11-12-13-14-15-16-17-18-19-20-21-22-23/h6-7,9-10,22H,2-5,8,11-21H2,1H3/b7-6?,10-9-. The summed E-state index contributed by atoms with van der Waals surface area (Å²) < 4.78 is 0. The quantitative estimate of drug-likeness (QED) is 0.145. The Morgan fingerprint density at radius 2 is 0.957 bits per heavy atom. The summed E-state index contributed by atoms with van der Waals surface area (Å²) in [5.74, 6) is 0. The molecule has 0 N–H and O–H groups in total. The lowest BCUT2D eigenvalue weighted by Gasteiger charge is -2.01. The summed E-state index contributed by atoms with van der Waals surface area (Å²) in [6.07, 6.45) is 30.6. The molecular weight excluding hydrogens is 280 g/mol. The van der Waals surface area contributed by atoms with E-state index < -0.39 is 0 Å². The SMILES string of the molecule is CCCCCC=CC/C=C\CCCCCCCCCCCC=O. The first-order valence-corrected chi connectivity index (χ1v) is 10.2. The molecule has 0 aromatic rings. The van der Waals surface area contributed by atoms with E-state index in [1.807, 2.05) is 0 Å². The van der Waals surface area contributed by atoms with E-state index in [4.69, 9.17) is 0 Å². The third-order valence-electron chi connectivity index (χ3n) is 4.27. The summed E-state index contributed by atoms with van der Waals surface area (Å²) in [6, 6.07) is 0. The van der Waals surface area contributed by atoms with Gasteiger partial charge in [0.05, 0.1) is 0 Å². The van der Waals surface area contributed by atoms with Crippen LogP contribution in [-0.2, 0) is 4.79 Å². The smallest absolute Gasteiger partial charge is 0.119 e. The predicted octanol–water partition coefficient (Wildman–Crippen LogP) is 7.56. The minimum atomic E-state index is 0.752. The van der Waals surface area contributed by atoms with Gasteiger partial charge in [0, 0.05) is 6.42 Å². The zero-order chi connectivity index (χ0) is 16.8. The maximum Gasteiger partial charge on any atom is 0.119 e. The summed E-state index contributed by atoms with van der Waals surface area (Å²) in [4.78, 5) is 10.2. The molecule has 0 heterocycles. The van der Waals surface area contributed by atoms with Gasteiger partial charge in [-0.1, -0.05) is 89.0 Å². The number of carbonyl (C=O) groups excluding carboxylic acids is 1. The Morgan fingerprint density at radius 1 is 0.522 bits per heavy atom. The predicted molar refractivity (Wildman–Crippen MR) is 104 cm³/mol. The number of unbranched alkanes of at least 4 members (excludes halogenated alkanes) is 13.